The average molecular weight is 435 g/mol. The average Bonchev–Trinajstić information content (AvgIpc) is 2.71. The molecule has 0 bridgehead atoms. The number of carboxylic acids is 1. The van der Waals surface area contributed by atoms with Crippen LogP contribution in [0.25, 0.3) is 0 Å². The van der Waals surface area contributed by atoms with Crippen molar-refractivity contribution in [2.24, 2.45) is 5.92 Å². The molecule has 0 aromatic carbocycles. The van der Waals surface area contributed by atoms with Gasteiger partial charge in [0.1, 0.15) is 6.61 Å². The van der Waals surface area contributed by atoms with Crippen LogP contribution < -0.4 is 0 Å². The summed E-state index contributed by atoms with van der Waals surface area (Å²) in [7, 11) is 0. The highest BCUT2D eigenvalue weighted by molar-refractivity contribution is 5.69. The predicted octanol–water partition coefficient (Wildman–Crippen LogP) is 4.33. The third-order valence-corrected chi connectivity index (χ3v) is 4.67. The molecule has 0 heterocycles. The lowest BCUT2D eigenvalue weighted by molar-refractivity contribution is -0.148. The zero-order valence-electron chi connectivity index (χ0n) is 19.6. The Labute approximate surface area is 183 Å². The van der Waals surface area contributed by atoms with Crippen molar-refractivity contribution in [1.29, 1.82) is 0 Å². The maximum absolute atomic E-state index is 11.5. The number of rotatable bonds is 18. The first-order chi connectivity index (χ1) is 14.3. The predicted molar refractivity (Wildman–Crippen MR) is 118 cm³/mol. The van der Waals surface area contributed by atoms with Gasteiger partial charge in [0.15, 0.2) is 0 Å². The van der Waals surface area contributed by atoms with Gasteiger partial charge in [0.05, 0.1) is 18.8 Å². The molecule has 7 heteroatoms. The third kappa shape index (κ3) is 24.9. The van der Waals surface area contributed by atoms with Crippen molar-refractivity contribution in [2.45, 2.75) is 111 Å². The molecule has 0 aliphatic rings. The SMILES string of the molecule is CC(O)COC(C)COC(=O)CCCCCCCC(=O)O.CCCCC(CC)CO. The summed E-state index contributed by atoms with van der Waals surface area (Å²) in [5.74, 6) is -0.441. The highest BCUT2D eigenvalue weighted by Crippen LogP contribution is 2.10. The lowest BCUT2D eigenvalue weighted by Gasteiger charge is -2.14. The van der Waals surface area contributed by atoms with Gasteiger partial charge < -0.3 is 24.8 Å². The molecule has 3 atom stereocenters. The highest BCUT2D eigenvalue weighted by atomic mass is 16.6. The van der Waals surface area contributed by atoms with Crippen molar-refractivity contribution in [3.05, 3.63) is 0 Å². The van der Waals surface area contributed by atoms with Crippen LogP contribution in [0.3, 0.4) is 0 Å². The van der Waals surface area contributed by atoms with Crippen molar-refractivity contribution >= 4 is 11.9 Å². The first kappa shape index (κ1) is 31.0. The van der Waals surface area contributed by atoms with Gasteiger partial charge in [-0.25, -0.2) is 0 Å². The molecule has 3 N–H and O–H groups in total. The van der Waals surface area contributed by atoms with Crippen molar-refractivity contribution in [1.82, 2.24) is 0 Å². The standard InChI is InChI=1S/C15H28O6.C8H18O/c1-12(16)10-20-13(2)11-21-15(19)9-7-5-3-4-6-8-14(17)18;1-3-5-6-8(4-2)7-9/h12-13,16H,3-11H2,1-2H3,(H,17,18);8-9H,3-7H2,1-2H3. The number of aliphatic hydroxyl groups is 2. The van der Waals surface area contributed by atoms with Crippen LogP contribution in [0, 0.1) is 5.92 Å². The van der Waals surface area contributed by atoms with E-state index in [1.807, 2.05) is 0 Å². The lowest BCUT2D eigenvalue weighted by Crippen LogP contribution is -2.23. The minimum absolute atomic E-state index is 0.199. The van der Waals surface area contributed by atoms with Crippen LogP contribution in [0.15, 0.2) is 0 Å². The summed E-state index contributed by atoms with van der Waals surface area (Å²) >= 11 is 0. The van der Waals surface area contributed by atoms with Crippen molar-refractivity contribution < 1.29 is 34.4 Å². The topological polar surface area (TPSA) is 113 Å². The molecule has 0 saturated carbocycles. The van der Waals surface area contributed by atoms with Crippen LogP contribution in [-0.4, -0.2) is 59.3 Å². The van der Waals surface area contributed by atoms with Gasteiger partial charge >= 0.3 is 11.9 Å². The molecule has 0 amide bonds. The molecule has 0 aliphatic heterocycles. The van der Waals surface area contributed by atoms with E-state index in [1.54, 1.807) is 13.8 Å². The molecule has 0 spiro atoms. The molecule has 0 fully saturated rings. The summed E-state index contributed by atoms with van der Waals surface area (Å²) in [5.41, 5.74) is 0. The normalized spacial score (nSPS) is 13.7. The summed E-state index contributed by atoms with van der Waals surface area (Å²) in [6.07, 6.45) is 8.85. The Morgan fingerprint density at radius 1 is 0.900 bits per heavy atom. The smallest absolute Gasteiger partial charge is 0.305 e. The Morgan fingerprint density at radius 3 is 2.00 bits per heavy atom. The fourth-order valence-corrected chi connectivity index (χ4v) is 2.63. The zero-order valence-corrected chi connectivity index (χ0v) is 19.6. The van der Waals surface area contributed by atoms with E-state index >= 15 is 0 Å². The monoisotopic (exact) mass is 434 g/mol. The third-order valence-electron chi connectivity index (χ3n) is 4.67. The number of esters is 1. The molecular weight excluding hydrogens is 388 g/mol. The number of unbranched alkanes of at least 4 members (excludes halogenated alkanes) is 5. The summed E-state index contributed by atoms with van der Waals surface area (Å²) in [4.78, 5) is 21.8. The van der Waals surface area contributed by atoms with E-state index in [-0.39, 0.29) is 31.7 Å². The second kappa shape index (κ2) is 22.5. The number of hydrogen-bond donors (Lipinski definition) is 3. The molecule has 30 heavy (non-hydrogen) atoms. The first-order valence-electron chi connectivity index (χ1n) is 11.5. The maximum atomic E-state index is 11.5. The minimum atomic E-state index is -0.759. The van der Waals surface area contributed by atoms with Crippen LogP contribution in [0.5, 0.6) is 0 Å². The Kier molecular flexibility index (Phi) is 23.3. The maximum Gasteiger partial charge on any atom is 0.305 e. The largest absolute Gasteiger partial charge is 0.481 e. The molecule has 0 saturated heterocycles. The van der Waals surface area contributed by atoms with E-state index in [0.29, 0.717) is 25.4 Å². The number of hydrogen-bond acceptors (Lipinski definition) is 6. The van der Waals surface area contributed by atoms with Crippen LogP contribution >= 0.6 is 0 Å². The molecule has 0 aromatic rings. The molecule has 180 valence electrons. The zero-order chi connectivity index (χ0) is 23.2. The highest BCUT2D eigenvalue weighted by Gasteiger charge is 2.08. The number of ether oxygens (including phenoxy) is 2. The Balaban J connectivity index is 0. The molecule has 7 nitrogen and oxygen atoms in total. The van der Waals surface area contributed by atoms with Gasteiger partial charge in [0.2, 0.25) is 0 Å². The quantitative estimate of drug-likeness (QED) is 0.217. The fraction of sp³-hybridized carbons (Fsp3) is 0.913. The van der Waals surface area contributed by atoms with Gasteiger partial charge in [-0.2, -0.15) is 0 Å². The lowest BCUT2D eigenvalue weighted by atomic mass is 10.0. The second-order valence-electron chi connectivity index (χ2n) is 7.94. The Hall–Kier alpha value is -1.18. The van der Waals surface area contributed by atoms with E-state index in [4.69, 9.17) is 24.8 Å². The summed E-state index contributed by atoms with van der Waals surface area (Å²) in [6, 6.07) is 0. The minimum Gasteiger partial charge on any atom is -0.481 e. The van der Waals surface area contributed by atoms with Gasteiger partial charge in [-0.05, 0) is 39.0 Å². The van der Waals surface area contributed by atoms with Crippen molar-refractivity contribution in [3.63, 3.8) is 0 Å². The molecule has 0 aromatic heterocycles. The summed E-state index contributed by atoms with van der Waals surface area (Å²) < 4.78 is 10.3. The van der Waals surface area contributed by atoms with E-state index < -0.39 is 12.1 Å². The number of carbonyl (C=O) groups is 2. The molecule has 3 unspecified atom stereocenters. The van der Waals surface area contributed by atoms with E-state index in [2.05, 4.69) is 13.8 Å². The summed E-state index contributed by atoms with van der Waals surface area (Å²) in [6.45, 7) is 8.55. The Bertz CT molecular complexity index is 395. The van der Waals surface area contributed by atoms with Crippen molar-refractivity contribution in [2.75, 3.05) is 19.8 Å². The van der Waals surface area contributed by atoms with Gasteiger partial charge in [0.25, 0.3) is 0 Å². The van der Waals surface area contributed by atoms with Gasteiger partial charge in [-0.3, -0.25) is 9.59 Å². The van der Waals surface area contributed by atoms with Crippen LogP contribution in [0.2, 0.25) is 0 Å². The molecule has 0 rings (SSSR count). The van der Waals surface area contributed by atoms with Crippen LogP contribution in [-0.2, 0) is 19.1 Å². The number of carboxylic acid groups (broad SMARTS) is 1. The van der Waals surface area contributed by atoms with Gasteiger partial charge in [0, 0.05) is 19.4 Å². The van der Waals surface area contributed by atoms with Crippen molar-refractivity contribution in [3.8, 4) is 0 Å². The fourth-order valence-electron chi connectivity index (χ4n) is 2.63. The first-order valence-corrected chi connectivity index (χ1v) is 11.5. The molecule has 0 radical (unpaired) electrons. The summed E-state index contributed by atoms with van der Waals surface area (Å²) in [5, 5.41) is 26.3. The van der Waals surface area contributed by atoms with Crippen LogP contribution in [0.4, 0.5) is 0 Å². The second-order valence-corrected chi connectivity index (χ2v) is 7.94. The van der Waals surface area contributed by atoms with E-state index in [0.717, 1.165) is 32.1 Å². The van der Waals surface area contributed by atoms with Crippen LogP contribution in [0.1, 0.15) is 98.3 Å². The Morgan fingerprint density at radius 2 is 1.50 bits per heavy atom. The number of aliphatic hydroxyl groups excluding tert-OH is 2. The van der Waals surface area contributed by atoms with Gasteiger partial charge in [-0.15, -0.1) is 0 Å². The van der Waals surface area contributed by atoms with E-state index in [1.165, 1.54) is 19.3 Å². The molecule has 0 aliphatic carbocycles. The number of carbonyl (C=O) groups excluding carboxylic acids is 1. The van der Waals surface area contributed by atoms with E-state index in [9.17, 15) is 9.59 Å². The molecular formula is C23H46O7. The van der Waals surface area contributed by atoms with Gasteiger partial charge in [-0.1, -0.05) is 52.4 Å². The number of aliphatic carboxylic acids is 1.